The fourth-order valence-electron chi connectivity index (χ4n) is 3.33. The fraction of sp³-hybridized carbons (Fsp3) is 0.737. The predicted molar refractivity (Wildman–Crippen MR) is 97.3 cm³/mol. The molecule has 1 amide bonds. The van der Waals surface area contributed by atoms with Gasteiger partial charge >= 0.3 is 6.09 Å². The van der Waals surface area contributed by atoms with Crippen LogP contribution in [0.15, 0.2) is 6.07 Å². The quantitative estimate of drug-likeness (QED) is 0.917. The van der Waals surface area contributed by atoms with Gasteiger partial charge in [0, 0.05) is 37.6 Å². The SMILES string of the molecule is Cc1cc(C2CNCCN2C(=O)OC(C)(C)C)c(C)n1CC(C)C. The summed E-state index contributed by atoms with van der Waals surface area (Å²) in [5.74, 6) is 0.592. The lowest BCUT2D eigenvalue weighted by Crippen LogP contribution is -2.50. The zero-order valence-corrected chi connectivity index (χ0v) is 16.3. The molecule has 1 unspecified atom stereocenters. The van der Waals surface area contributed by atoms with Crippen molar-refractivity contribution < 1.29 is 9.53 Å². The van der Waals surface area contributed by atoms with Crippen molar-refractivity contribution in [3.8, 4) is 0 Å². The Morgan fingerprint density at radius 3 is 2.62 bits per heavy atom. The average molecular weight is 335 g/mol. The van der Waals surface area contributed by atoms with Gasteiger partial charge in [-0.3, -0.25) is 4.90 Å². The van der Waals surface area contributed by atoms with Crippen LogP contribution in [0, 0.1) is 19.8 Å². The van der Waals surface area contributed by atoms with Crippen molar-refractivity contribution in [3.63, 3.8) is 0 Å². The van der Waals surface area contributed by atoms with Crippen molar-refractivity contribution >= 4 is 6.09 Å². The lowest BCUT2D eigenvalue weighted by Gasteiger charge is -2.37. The molecule has 0 radical (unpaired) electrons. The molecule has 1 saturated heterocycles. The van der Waals surface area contributed by atoms with Crippen LogP contribution in [0.1, 0.15) is 57.6 Å². The zero-order valence-electron chi connectivity index (χ0n) is 16.3. The van der Waals surface area contributed by atoms with Crippen molar-refractivity contribution in [2.24, 2.45) is 5.92 Å². The van der Waals surface area contributed by atoms with E-state index in [4.69, 9.17) is 4.74 Å². The van der Waals surface area contributed by atoms with Crippen molar-refractivity contribution in [2.75, 3.05) is 19.6 Å². The maximum atomic E-state index is 12.6. The van der Waals surface area contributed by atoms with Gasteiger partial charge in [0.15, 0.2) is 0 Å². The molecule has 5 heteroatoms. The third-order valence-corrected chi connectivity index (χ3v) is 4.39. The molecule has 1 atom stereocenters. The van der Waals surface area contributed by atoms with E-state index in [1.807, 2.05) is 25.7 Å². The lowest BCUT2D eigenvalue weighted by atomic mass is 10.0. The highest BCUT2D eigenvalue weighted by Gasteiger charge is 2.33. The number of rotatable bonds is 3. The van der Waals surface area contributed by atoms with Gasteiger partial charge in [-0.25, -0.2) is 4.79 Å². The Kier molecular flexibility index (Phi) is 5.63. The molecule has 24 heavy (non-hydrogen) atoms. The number of nitrogens with zero attached hydrogens (tertiary/aromatic N) is 2. The molecule has 1 fully saturated rings. The first-order valence-electron chi connectivity index (χ1n) is 8.97. The molecule has 0 aromatic carbocycles. The molecule has 136 valence electrons. The van der Waals surface area contributed by atoms with E-state index in [0.29, 0.717) is 12.5 Å². The molecule has 0 spiro atoms. The first-order chi connectivity index (χ1) is 11.1. The third-order valence-electron chi connectivity index (χ3n) is 4.39. The van der Waals surface area contributed by atoms with Gasteiger partial charge < -0.3 is 14.6 Å². The third kappa shape index (κ3) is 4.32. The molecule has 0 saturated carbocycles. The molecule has 0 aliphatic carbocycles. The number of carbonyl (C=O) groups is 1. The van der Waals surface area contributed by atoms with Gasteiger partial charge in [0.2, 0.25) is 0 Å². The summed E-state index contributed by atoms with van der Waals surface area (Å²) in [5, 5.41) is 3.42. The summed E-state index contributed by atoms with van der Waals surface area (Å²) in [6.07, 6.45) is -0.220. The Morgan fingerprint density at radius 2 is 2.04 bits per heavy atom. The first kappa shape index (κ1) is 18.8. The molecular formula is C19H33N3O2. The highest BCUT2D eigenvalue weighted by Crippen LogP contribution is 2.29. The summed E-state index contributed by atoms with van der Waals surface area (Å²) in [6.45, 7) is 17.8. The molecule has 1 aromatic rings. The standard InChI is InChI=1S/C19H33N3O2/c1-13(2)12-22-14(3)10-16(15(22)4)17-11-20-8-9-21(17)18(23)24-19(5,6)7/h10,13,17,20H,8-9,11-12H2,1-7H3. The van der Waals surface area contributed by atoms with Crippen molar-refractivity contribution in [1.82, 2.24) is 14.8 Å². The van der Waals surface area contributed by atoms with Gasteiger partial charge in [0.1, 0.15) is 5.60 Å². The topological polar surface area (TPSA) is 46.5 Å². The Morgan fingerprint density at radius 1 is 1.38 bits per heavy atom. The molecule has 1 aliphatic rings. The molecule has 1 aliphatic heterocycles. The van der Waals surface area contributed by atoms with E-state index in [1.54, 1.807) is 0 Å². The van der Waals surface area contributed by atoms with Crippen LogP contribution >= 0.6 is 0 Å². The van der Waals surface area contributed by atoms with Crippen LogP contribution in [-0.2, 0) is 11.3 Å². The number of amides is 1. The van der Waals surface area contributed by atoms with Crippen molar-refractivity contribution in [3.05, 3.63) is 23.0 Å². The molecule has 1 aromatic heterocycles. The Bertz CT molecular complexity index is 584. The number of aryl methyl sites for hydroxylation is 1. The normalized spacial score (nSPS) is 19.0. The van der Waals surface area contributed by atoms with Gasteiger partial charge in [0.25, 0.3) is 0 Å². The van der Waals surface area contributed by atoms with Crippen LogP contribution in [0.5, 0.6) is 0 Å². The largest absolute Gasteiger partial charge is 0.444 e. The van der Waals surface area contributed by atoms with Crippen LogP contribution in [0.2, 0.25) is 0 Å². The van der Waals surface area contributed by atoms with Gasteiger partial charge in [0.05, 0.1) is 6.04 Å². The number of carbonyl (C=O) groups excluding carboxylic acids is 1. The van der Waals surface area contributed by atoms with E-state index in [-0.39, 0.29) is 12.1 Å². The average Bonchev–Trinajstić information content (AvgIpc) is 2.73. The molecule has 2 rings (SSSR count). The van der Waals surface area contributed by atoms with Crippen molar-refractivity contribution in [1.29, 1.82) is 0 Å². The number of ether oxygens (including phenoxy) is 1. The number of hydrogen-bond donors (Lipinski definition) is 1. The van der Waals surface area contributed by atoms with E-state index in [1.165, 1.54) is 17.0 Å². The number of aromatic nitrogens is 1. The summed E-state index contributed by atoms with van der Waals surface area (Å²) >= 11 is 0. The minimum absolute atomic E-state index is 0.0284. The monoisotopic (exact) mass is 335 g/mol. The van der Waals surface area contributed by atoms with E-state index in [0.717, 1.165) is 19.6 Å². The maximum absolute atomic E-state index is 12.6. The number of nitrogens with one attached hydrogen (secondary N) is 1. The summed E-state index contributed by atoms with van der Waals surface area (Å²) in [6, 6.07) is 2.26. The number of hydrogen-bond acceptors (Lipinski definition) is 3. The first-order valence-corrected chi connectivity index (χ1v) is 8.97. The Labute approximate surface area is 146 Å². The van der Waals surface area contributed by atoms with E-state index >= 15 is 0 Å². The highest BCUT2D eigenvalue weighted by atomic mass is 16.6. The summed E-state index contributed by atoms with van der Waals surface area (Å²) in [4.78, 5) is 14.5. The van der Waals surface area contributed by atoms with Crippen LogP contribution in [0.4, 0.5) is 4.79 Å². The number of piperazine rings is 1. The van der Waals surface area contributed by atoms with Crippen molar-refractivity contribution in [2.45, 2.75) is 66.7 Å². The molecule has 1 N–H and O–H groups in total. The second kappa shape index (κ2) is 7.18. The van der Waals surface area contributed by atoms with E-state index in [9.17, 15) is 4.79 Å². The smallest absolute Gasteiger partial charge is 0.410 e. The summed E-state index contributed by atoms with van der Waals surface area (Å²) < 4.78 is 7.99. The van der Waals surface area contributed by atoms with Crippen LogP contribution in [0.3, 0.4) is 0 Å². The predicted octanol–water partition coefficient (Wildman–Crippen LogP) is 3.64. The van der Waals surface area contributed by atoms with Gasteiger partial charge in [-0.1, -0.05) is 13.8 Å². The summed E-state index contributed by atoms with van der Waals surface area (Å²) in [5.41, 5.74) is 3.27. The lowest BCUT2D eigenvalue weighted by molar-refractivity contribution is 0.0117. The Balaban J connectivity index is 2.29. The minimum atomic E-state index is -0.471. The maximum Gasteiger partial charge on any atom is 0.410 e. The minimum Gasteiger partial charge on any atom is -0.444 e. The second-order valence-electron chi connectivity index (χ2n) is 8.22. The fourth-order valence-corrected chi connectivity index (χ4v) is 3.33. The highest BCUT2D eigenvalue weighted by molar-refractivity contribution is 5.69. The molecular weight excluding hydrogens is 302 g/mol. The van der Waals surface area contributed by atoms with Crippen LogP contribution in [-0.4, -0.2) is 40.8 Å². The van der Waals surface area contributed by atoms with Crippen LogP contribution in [0.25, 0.3) is 0 Å². The second-order valence-corrected chi connectivity index (χ2v) is 8.22. The van der Waals surface area contributed by atoms with Gasteiger partial charge in [-0.05, 0) is 52.2 Å². The summed E-state index contributed by atoms with van der Waals surface area (Å²) in [7, 11) is 0. The zero-order chi connectivity index (χ0) is 18.1. The van der Waals surface area contributed by atoms with Gasteiger partial charge in [-0.15, -0.1) is 0 Å². The Hall–Kier alpha value is -1.49. The van der Waals surface area contributed by atoms with E-state index in [2.05, 4.69) is 43.6 Å². The van der Waals surface area contributed by atoms with Crippen LogP contribution < -0.4 is 5.32 Å². The van der Waals surface area contributed by atoms with Gasteiger partial charge in [-0.2, -0.15) is 0 Å². The molecule has 5 nitrogen and oxygen atoms in total. The van der Waals surface area contributed by atoms with E-state index < -0.39 is 5.60 Å². The molecule has 2 heterocycles. The molecule has 0 bridgehead atoms.